The molecule has 0 amide bonds. The van der Waals surface area contributed by atoms with Crippen molar-refractivity contribution in [1.82, 2.24) is 0 Å². The fourth-order valence-electron chi connectivity index (χ4n) is 2.06. The van der Waals surface area contributed by atoms with Crippen LogP contribution in [0.25, 0.3) is 0 Å². The van der Waals surface area contributed by atoms with E-state index in [2.05, 4.69) is 6.58 Å². The third-order valence-corrected chi connectivity index (χ3v) is 3.14. The van der Waals surface area contributed by atoms with Gasteiger partial charge in [-0.15, -0.1) is 0 Å². The Hall–Kier alpha value is -2.88. The zero-order chi connectivity index (χ0) is 16.5. The molecular weight excluding hydrogens is 292 g/mol. The highest BCUT2D eigenvalue weighted by Gasteiger charge is 2.22. The van der Waals surface area contributed by atoms with E-state index in [9.17, 15) is 9.59 Å². The summed E-state index contributed by atoms with van der Waals surface area (Å²) in [5.41, 5.74) is 1.44. The van der Waals surface area contributed by atoms with Gasteiger partial charge in [-0.05, 0) is 17.7 Å². The molecule has 23 heavy (non-hydrogen) atoms. The van der Waals surface area contributed by atoms with E-state index < -0.39 is 12.1 Å². The Morgan fingerprint density at radius 1 is 1.13 bits per heavy atom. The van der Waals surface area contributed by atoms with Crippen LogP contribution in [0.2, 0.25) is 0 Å². The fraction of sp³-hybridized carbons (Fsp3) is 0.158. The molecule has 0 spiro atoms. The quantitative estimate of drug-likeness (QED) is 0.427. The predicted molar refractivity (Wildman–Crippen MR) is 87.5 cm³/mol. The third kappa shape index (κ3) is 5.11. The van der Waals surface area contributed by atoms with Crippen molar-refractivity contribution < 1.29 is 19.1 Å². The molecule has 0 aromatic heterocycles. The minimum absolute atomic E-state index is 0.127. The molecule has 0 heterocycles. The van der Waals surface area contributed by atoms with Crippen molar-refractivity contribution in [2.45, 2.75) is 12.5 Å². The van der Waals surface area contributed by atoms with E-state index in [4.69, 9.17) is 9.47 Å². The molecule has 0 N–H and O–H groups in total. The van der Waals surface area contributed by atoms with Crippen LogP contribution in [-0.4, -0.2) is 25.0 Å². The van der Waals surface area contributed by atoms with Crippen LogP contribution in [0.4, 0.5) is 0 Å². The fourth-order valence-corrected chi connectivity index (χ4v) is 2.06. The smallest absolute Gasteiger partial charge is 0.347 e. The molecule has 2 rings (SSSR count). The molecule has 0 aliphatic carbocycles. The van der Waals surface area contributed by atoms with Gasteiger partial charge in [0.15, 0.2) is 6.10 Å². The first-order valence-corrected chi connectivity index (χ1v) is 7.26. The number of hydrogen-bond donors (Lipinski definition) is 0. The highest BCUT2D eigenvalue weighted by molar-refractivity contribution is 5.77. The van der Waals surface area contributed by atoms with Gasteiger partial charge in [0.1, 0.15) is 18.6 Å². The molecule has 4 nitrogen and oxygen atoms in total. The van der Waals surface area contributed by atoms with Gasteiger partial charge in [-0.25, -0.2) is 4.79 Å². The number of carbonyl (C=O) groups is 2. The Morgan fingerprint density at radius 2 is 1.91 bits per heavy atom. The molecule has 0 bridgehead atoms. The van der Waals surface area contributed by atoms with Crippen molar-refractivity contribution in [2.24, 2.45) is 0 Å². The lowest BCUT2D eigenvalue weighted by atomic mass is 10.1. The van der Waals surface area contributed by atoms with Gasteiger partial charge in [-0.1, -0.05) is 55.1 Å². The normalized spacial score (nSPS) is 11.3. The summed E-state index contributed by atoms with van der Waals surface area (Å²) in [4.78, 5) is 23.1. The number of esters is 1. The first kappa shape index (κ1) is 16.5. The molecule has 0 radical (unpaired) electrons. The minimum Gasteiger partial charge on any atom is -0.478 e. The van der Waals surface area contributed by atoms with Crippen LogP contribution in [0.1, 0.15) is 15.9 Å². The van der Waals surface area contributed by atoms with Crippen molar-refractivity contribution in [3.63, 3.8) is 0 Å². The van der Waals surface area contributed by atoms with Crippen LogP contribution < -0.4 is 4.74 Å². The molecule has 2 aromatic rings. The summed E-state index contributed by atoms with van der Waals surface area (Å²) in [6.07, 6.45) is 1.82. The largest absolute Gasteiger partial charge is 0.478 e. The minimum atomic E-state index is -0.792. The van der Waals surface area contributed by atoms with Crippen molar-refractivity contribution in [3.8, 4) is 5.75 Å². The van der Waals surface area contributed by atoms with Crippen molar-refractivity contribution >= 4 is 12.3 Å². The summed E-state index contributed by atoms with van der Waals surface area (Å²) in [6.45, 7) is 3.65. The van der Waals surface area contributed by atoms with E-state index in [0.717, 1.165) is 11.8 Å². The van der Waals surface area contributed by atoms with E-state index in [1.807, 2.05) is 30.3 Å². The van der Waals surface area contributed by atoms with E-state index in [1.165, 1.54) is 6.08 Å². The molecule has 4 heteroatoms. The summed E-state index contributed by atoms with van der Waals surface area (Å²) < 4.78 is 10.9. The van der Waals surface area contributed by atoms with Gasteiger partial charge in [0.05, 0.1) is 0 Å². The monoisotopic (exact) mass is 310 g/mol. The standard InChI is InChI=1S/C19H18O4/c1-2-11-22-19(21)18(13-15-7-4-3-5-8-15)23-17-10-6-9-16(12-17)14-20/h2-10,12,14,18H,1,11,13H2/t18-/m0/s1. The van der Waals surface area contributed by atoms with Crippen LogP contribution >= 0.6 is 0 Å². The number of benzene rings is 2. The second-order valence-electron chi connectivity index (χ2n) is 4.91. The van der Waals surface area contributed by atoms with Crippen molar-refractivity contribution in [1.29, 1.82) is 0 Å². The zero-order valence-electron chi connectivity index (χ0n) is 12.7. The molecule has 0 saturated carbocycles. The first-order chi connectivity index (χ1) is 11.2. The SMILES string of the molecule is C=CCOC(=O)[C@H](Cc1ccccc1)Oc1cccc(C=O)c1. The van der Waals surface area contributed by atoms with Gasteiger partial charge < -0.3 is 9.47 Å². The maximum Gasteiger partial charge on any atom is 0.347 e. The number of hydrogen-bond acceptors (Lipinski definition) is 4. The zero-order valence-corrected chi connectivity index (χ0v) is 12.7. The van der Waals surface area contributed by atoms with Gasteiger partial charge >= 0.3 is 5.97 Å². The van der Waals surface area contributed by atoms with Crippen LogP contribution in [0.5, 0.6) is 5.75 Å². The summed E-state index contributed by atoms with van der Waals surface area (Å²) in [6, 6.07) is 16.2. The van der Waals surface area contributed by atoms with Crippen molar-refractivity contribution in [3.05, 3.63) is 78.4 Å². The van der Waals surface area contributed by atoms with Gasteiger partial charge in [-0.2, -0.15) is 0 Å². The Morgan fingerprint density at radius 3 is 2.61 bits per heavy atom. The van der Waals surface area contributed by atoms with Crippen LogP contribution in [0.15, 0.2) is 67.3 Å². The van der Waals surface area contributed by atoms with Gasteiger partial charge in [0.2, 0.25) is 0 Å². The lowest BCUT2D eigenvalue weighted by Gasteiger charge is -2.18. The average molecular weight is 310 g/mol. The number of aldehydes is 1. The van der Waals surface area contributed by atoms with Crippen molar-refractivity contribution in [2.75, 3.05) is 6.61 Å². The molecule has 118 valence electrons. The second kappa shape index (κ2) is 8.54. The maximum absolute atomic E-state index is 12.2. The van der Waals surface area contributed by atoms with Gasteiger partial charge in [0, 0.05) is 12.0 Å². The van der Waals surface area contributed by atoms with Gasteiger partial charge in [0.25, 0.3) is 0 Å². The molecule has 0 aliphatic rings. The summed E-state index contributed by atoms with van der Waals surface area (Å²) >= 11 is 0. The van der Waals surface area contributed by atoms with Crippen LogP contribution in [-0.2, 0) is 16.0 Å². The van der Waals surface area contributed by atoms with E-state index in [1.54, 1.807) is 24.3 Å². The van der Waals surface area contributed by atoms with E-state index in [0.29, 0.717) is 17.7 Å². The highest BCUT2D eigenvalue weighted by Crippen LogP contribution is 2.17. The molecule has 2 aromatic carbocycles. The molecule has 0 saturated heterocycles. The lowest BCUT2D eigenvalue weighted by molar-refractivity contribution is -0.150. The molecule has 0 unspecified atom stereocenters. The predicted octanol–water partition coefficient (Wildman–Crippen LogP) is 3.22. The summed E-state index contributed by atoms with van der Waals surface area (Å²) in [5.74, 6) is -0.0173. The number of ether oxygens (including phenoxy) is 2. The van der Waals surface area contributed by atoms with Gasteiger partial charge in [-0.3, -0.25) is 4.79 Å². The first-order valence-electron chi connectivity index (χ1n) is 7.26. The van der Waals surface area contributed by atoms with E-state index >= 15 is 0 Å². The topological polar surface area (TPSA) is 52.6 Å². The highest BCUT2D eigenvalue weighted by atomic mass is 16.6. The Bertz CT molecular complexity index is 664. The van der Waals surface area contributed by atoms with E-state index in [-0.39, 0.29) is 6.61 Å². The summed E-state index contributed by atoms with van der Waals surface area (Å²) in [5, 5.41) is 0. The molecule has 1 atom stereocenters. The Kier molecular flexibility index (Phi) is 6.12. The van der Waals surface area contributed by atoms with Crippen LogP contribution in [0.3, 0.4) is 0 Å². The van der Waals surface area contributed by atoms with Crippen LogP contribution in [0, 0.1) is 0 Å². The second-order valence-corrected chi connectivity index (χ2v) is 4.91. The molecular formula is C19H18O4. The third-order valence-electron chi connectivity index (χ3n) is 3.14. The maximum atomic E-state index is 12.2. The Balaban J connectivity index is 2.16. The average Bonchev–Trinajstić information content (AvgIpc) is 2.60. The lowest BCUT2D eigenvalue weighted by Crippen LogP contribution is -2.31. The number of rotatable bonds is 8. The number of carbonyl (C=O) groups excluding carboxylic acids is 2. The Labute approximate surface area is 135 Å². The molecule has 0 aliphatic heterocycles. The summed E-state index contributed by atoms with van der Waals surface area (Å²) in [7, 11) is 0. The molecule has 0 fully saturated rings.